The molecule has 6 heteroatoms. The van der Waals surface area contributed by atoms with Gasteiger partial charge in [-0.05, 0) is 62.7 Å². The van der Waals surface area contributed by atoms with Crippen LogP contribution in [0.1, 0.15) is 58.8 Å². The minimum atomic E-state index is -0.345. The minimum Gasteiger partial charge on any atom is -0.488 e. The van der Waals surface area contributed by atoms with Gasteiger partial charge in [0.2, 0.25) is 0 Å². The maximum Gasteiger partial charge on any atom is 0.264 e. The smallest absolute Gasteiger partial charge is 0.264 e. The van der Waals surface area contributed by atoms with Crippen molar-refractivity contribution in [2.45, 2.75) is 83.1 Å². The second-order valence-electron chi connectivity index (χ2n) is 8.52. The van der Waals surface area contributed by atoms with Crippen molar-refractivity contribution in [1.82, 2.24) is 9.62 Å². The average Bonchev–Trinajstić information content (AvgIpc) is 3.21. The van der Waals surface area contributed by atoms with Gasteiger partial charge in [0.05, 0.1) is 25.0 Å². The van der Waals surface area contributed by atoms with Crippen molar-refractivity contribution >= 4 is 17.9 Å². The van der Waals surface area contributed by atoms with Crippen molar-refractivity contribution in [2.24, 2.45) is 11.8 Å². The zero-order chi connectivity index (χ0) is 19.2. The molecule has 3 atom stereocenters. The van der Waals surface area contributed by atoms with Crippen molar-refractivity contribution in [1.29, 1.82) is 0 Å². The topological polar surface area (TPSA) is 50.8 Å². The predicted molar refractivity (Wildman–Crippen MR) is 110 cm³/mol. The van der Waals surface area contributed by atoms with Gasteiger partial charge in [0.1, 0.15) is 0 Å². The highest BCUT2D eigenvalue weighted by molar-refractivity contribution is 7.96. The molecule has 0 spiro atoms. The molecule has 2 aliphatic heterocycles. The molecule has 3 rings (SSSR count). The third-order valence-corrected chi connectivity index (χ3v) is 7.00. The lowest BCUT2D eigenvalue weighted by Crippen LogP contribution is -2.59. The van der Waals surface area contributed by atoms with Gasteiger partial charge >= 0.3 is 0 Å². The summed E-state index contributed by atoms with van der Waals surface area (Å²) in [5, 5.41) is 0. The maximum absolute atomic E-state index is 13.0. The number of likely N-dealkylation sites (tertiary alicyclic amines) is 1. The number of nitrogens with zero attached hydrogens (tertiary/aromatic N) is 1. The average molecular weight is 397 g/mol. The number of piperidine rings is 1. The zero-order valence-corrected chi connectivity index (χ0v) is 17.9. The number of carbonyl (C=O) groups excluding carboxylic acids is 1. The van der Waals surface area contributed by atoms with Gasteiger partial charge in [0.25, 0.3) is 5.91 Å². The number of rotatable bonds is 7. The Labute approximate surface area is 168 Å². The Morgan fingerprint density at radius 1 is 1.30 bits per heavy atom. The summed E-state index contributed by atoms with van der Waals surface area (Å²) in [4.78, 5) is 15.0. The highest BCUT2D eigenvalue weighted by Crippen LogP contribution is 2.32. The molecule has 1 amide bonds. The van der Waals surface area contributed by atoms with E-state index in [-0.39, 0.29) is 24.1 Å². The van der Waals surface area contributed by atoms with Gasteiger partial charge < -0.3 is 14.4 Å². The molecule has 3 aliphatic rings. The molecule has 1 saturated heterocycles. The van der Waals surface area contributed by atoms with E-state index in [9.17, 15) is 4.79 Å². The van der Waals surface area contributed by atoms with Gasteiger partial charge in [0.15, 0.2) is 6.10 Å². The predicted octanol–water partition coefficient (Wildman–Crippen LogP) is 3.75. The molecule has 0 aromatic carbocycles. The van der Waals surface area contributed by atoms with Crippen LogP contribution < -0.4 is 4.72 Å². The van der Waals surface area contributed by atoms with Gasteiger partial charge in [-0.3, -0.25) is 9.52 Å². The monoisotopic (exact) mass is 396 g/mol. The highest BCUT2D eigenvalue weighted by atomic mass is 32.2. The maximum atomic E-state index is 13.0. The Morgan fingerprint density at radius 2 is 2.07 bits per heavy atom. The molecule has 1 N–H and O–H groups in total. The molecule has 27 heavy (non-hydrogen) atoms. The van der Waals surface area contributed by atoms with Gasteiger partial charge in [-0.15, -0.1) is 0 Å². The van der Waals surface area contributed by atoms with Crippen molar-refractivity contribution in [3.63, 3.8) is 0 Å². The summed E-state index contributed by atoms with van der Waals surface area (Å²) < 4.78 is 15.4. The molecule has 2 fully saturated rings. The van der Waals surface area contributed by atoms with Crippen LogP contribution in [0.15, 0.2) is 12.3 Å². The fourth-order valence-corrected chi connectivity index (χ4v) is 5.29. The second-order valence-corrected chi connectivity index (χ2v) is 9.16. The molecular weight excluding hydrogens is 360 g/mol. The third kappa shape index (κ3) is 5.42. The highest BCUT2D eigenvalue weighted by Gasteiger charge is 2.38. The first kappa shape index (κ1) is 21.0. The first-order chi connectivity index (χ1) is 13.1. The van der Waals surface area contributed by atoms with E-state index in [2.05, 4.69) is 24.8 Å². The summed E-state index contributed by atoms with van der Waals surface area (Å²) in [5.74, 6) is 1.73. The quantitative estimate of drug-likeness (QED) is 0.664. The number of nitrogens with one attached hydrogen (secondary N) is 1. The van der Waals surface area contributed by atoms with Crippen LogP contribution in [0, 0.1) is 11.8 Å². The molecule has 0 radical (unpaired) electrons. The summed E-state index contributed by atoms with van der Waals surface area (Å²) in [6, 6.07) is 0.366. The number of amides is 1. The Balaban J connectivity index is 1.58. The van der Waals surface area contributed by atoms with Crippen LogP contribution in [0.25, 0.3) is 0 Å². The van der Waals surface area contributed by atoms with Gasteiger partial charge in [0, 0.05) is 19.0 Å². The Hall–Kier alpha value is -0.720. The number of ether oxygens (including phenoxy) is 2. The van der Waals surface area contributed by atoms with Crippen molar-refractivity contribution in [3.05, 3.63) is 12.3 Å². The number of hydrogen-bond donors (Lipinski definition) is 1. The molecule has 0 bridgehead atoms. The lowest BCUT2D eigenvalue weighted by Gasteiger charge is -2.43. The van der Waals surface area contributed by atoms with Crippen LogP contribution in [-0.4, -0.2) is 54.5 Å². The number of hydrogen-bond acceptors (Lipinski definition) is 5. The van der Waals surface area contributed by atoms with Crippen LogP contribution in [-0.2, 0) is 14.3 Å². The Bertz CT molecular complexity index is 496. The van der Waals surface area contributed by atoms with Gasteiger partial charge in [-0.1, -0.05) is 25.8 Å². The van der Waals surface area contributed by atoms with E-state index < -0.39 is 0 Å². The molecule has 154 valence electrons. The zero-order valence-electron chi connectivity index (χ0n) is 17.1. The van der Waals surface area contributed by atoms with Crippen LogP contribution >= 0.6 is 11.9 Å². The van der Waals surface area contributed by atoms with Crippen LogP contribution in [0.4, 0.5) is 0 Å². The number of carbonyl (C=O) groups is 1. The molecule has 1 unspecified atom stereocenters. The summed E-state index contributed by atoms with van der Waals surface area (Å²) in [6.07, 6.45) is 13.3. The third-order valence-electron chi connectivity index (χ3n) is 6.46. The van der Waals surface area contributed by atoms with Gasteiger partial charge in [-0.25, -0.2) is 0 Å². The summed E-state index contributed by atoms with van der Waals surface area (Å²) in [7, 11) is 0. The Kier molecular flexibility index (Phi) is 7.91. The van der Waals surface area contributed by atoms with Crippen LogP contribution in [0.2, 0.25) is 0 Å². The van der Waals surface area contributed by atoms with Crippen molar-refractivity contribution in [2.75, 3.05) is 19.4 Å². The van der Waals surface area contributed by atoms with Gasteiger partial charge in [-0.2, -0.15) is 0 Å². The van der Waals surface area contributed by atoms with E-state index in [4.69, 9.17) is 9.47 Å². The van der Waals surface area contributed by atoms with Crippen LogP contribution in [0.3, 0.4) is 0 Å². The minimum absolute atomic E-state index is 0.0886. The second kappa shape index (κ2) is 10.2. The molecule has 5 nitrogen and oxygen atoms in total. The summed E-state index contributed by atoms with van der Waals surface area (Å²) in [5.41, 5.74) is 0. The van der Waals surface area contributed by atoms with Crippen molar-refractivity contribution < 1.29 is 14.3 Å². The molecule has 1 aliphatic carbocycles. The first-order valence-corrected chi connectivity index (χ1v) is 11.8. The SMILES string of the molecule is CSN[C@H]1CCCN(C(=O)C2CC=CO2)[C@H]1CO[C@H]1CC[C@@H](C(C)C)CC1. The van der Waals surface area contributed by atoms with E-state index >= 15 is 0 Å². The Morgan fingerprint density at radius 3 is 2.70 bits per heavy atom. The summed E-state index contributed by atoms with van der Waals surface area (Å²) in [6.45, 7) is 6.09. The van der Waals surface area contributed by atoms with Crippen LogP contribution in [0.5, 0.6) is 0 Å². The molecule has 0 aromatic rings. The van der Waals surface area contributed by atoms with E-state index in [1.54, 1.807) is 18.2 Å². The molecule has 2 heterocycles. The molecule has 1 saturated carbocycles. The standard InChI is InChI=1S/C21H36N2O3S/c1-15(2)16-8-10-17(11-9-16)26-14-19-18(22-27-3)6-4-12-23(19)21(24)20-7-5-13-25-20/h5,13,15-20,22H,4,6-12,14H2,1-3H3/t16-,17+,18-,19-,20?/m0/s1. The van der Waals surface area contributed by atoms with E-state index in [1.807, 2.05) is 11.0 Å². The molecule has 0 aromatic heterocycles. The van der Waals surface area contributed by atoms with E-state index in [0.717, 1.165) is 44.1 Å². The van der Waals surface area contributed by atoms with E-state index in [1.165, 1.54) is 12.8 Å². The largest absolute Gasteiger partial charge is 0.488 e. The lowest BCUT2D eigenvalue weighted by atomic mass is 9.80. The van der Waals surface area contributed by atoms with E-state index in [0.29, 0.717) is 19.1 Å². The normalized spacial score (nSPS) is 34.1. The lowest BCUT2D eigenvalue weighted by molar-refractivity contribution is -0.147. The molecular formula is C21H36N2O3S. The fraction of sp³-hybridized carbons (Fsp3) is 0.857. The fourth-order valence-electron chi connectivity index (χ4n) is 4.71. The van der Waals surface area contributed by atoms with Crippen molar-refractivity contribution in [3.8, 4) is 0 Å². The first-order valence-electron chi connectivity index (χ1n) is 10.6. The summed E-state index contributed by atoms with van der Waals surface area (Å²) >= 11 is 1.64.